The second-order valence-corrected chi connectivity index (χ2v) is 8.17. The first-order valence-electron chi connectivity index (χ1n) is 7.04. The van der Waals surface area contributed by atoms with Gasteiger partial charge < -0.3 is 10.8 Å². The summed E-state index contributed by atoms with van der Waals surface area (Å²) in [6.07, 6.45) is 0. The van der Waals surface area contributed by atoms with E-state index in [1.807, 2.05) is 20.8 Å². The van der Waals surface area contributed by atoms with Crippen LogP contribution in [0.15, 0.2) is 52.3 Å². The van der Waals surface area contributed by atoms with Gasteiger partial charge in [0.25, 0.3) is 0 Å². The molecule has 2 aromatic carbocycles. The van der Waals surface area contributed by atoms with E-state index in [0.717, 1.165) is 5.56 Å². The van der Waals surface area contributed by atoms with Gasteiger partial charge >= 0.3 is 0 Å². The maximum absolute atomic E-state index is 12.8. The Morgan fingerprint density at radius 3 is 2.18 bits per heavy atom. The topological polar surface area (TPSA) is 80.4 Å². The van der Waals surface area contributed by atoms with E-state index in [0.29, 0.717) is 5.56 Å². The average Bonchev–Trinajstić information content (AvgIpc) is 2.47. The van der Waals surface area contributed by atoms with Crippen molar-refractivity contribution in [1.29, 1.82) is 0 Å². The van der Waals surface area contributed by atoms with Crippen LogP contribution in [-0.2, 0) is 21.8 Å². The van der Waals surface area contributed by atoms with Crippen LogP contribution in [0, 0.1) is 0 Å². The van der Waals surface area contributed by atoms with Crippen LogP contribution < -0.4 is 5.73 Å². The standard InChI is InChI=1S/C17H21NO3S/c1-17(2,3)13-9-12(11-18)16(19)15(10-13)22(20,21)14-7-5-4-6-8-14/h4-10,19H,11,18H2,1-3H3. The molecule has 4 nitrogen and oxygen atoms in total. The number of hydrogen-bond acceptors (Lipinski definition) is 4. The minimum absolute atomic E-state index is 0.0765. The predicted octanol–water partition coefficient (Wildman–Crippen LogP) is 2.98. The van der Waals surface area contributed by atoms with E-state index in [9.17, 15) is 13.5 Å². The molecule has 0 aliphatic heterocycles. The number of phenols is 1. The smallest absolute Gasteiger partial charge is 0.210 e. The van der Waals surface area contributed by atoms with Crippen molar-refractivity contribution in [2.24, 2.45) is 5.73 Å². The molecule has 0 aliphatic rings. The molecular formula is C17H21NO3S. The lowest BCUT2D eigenvalue weighted by atomic mass is 9.86. The molecule has 0 fully saturated rings. The van der Waals surface area contributed by atoms with Crippen molar-refractivity contribution in [1.82, 2.24) is 0 Å². The highest BCUT2D eigenvalue weighted by Crippen LogP contribution is 2.36. The first-order valence-corrected chi connectivity index (χ1v) is 8.53. The summed E-state index contributed by atoms with van der Waals surface area (Å²) in [6, 6.07) is 11.4. The number of hydrogen-bond donors (Lipinski definition) is 2. The van der Waals surface area contributed by atoms with Crippen LogP contribution in [0.4, 0.5) is 0 Å². The first kappa shape index (κ1) is 16.5. The van der Waals surface area contributed by atoms with E-state index in [-0.39, 0.29) is 27.5 Å². The van der Waals surface area contributed by atoms with E-state index < -0.39 is 9.84 Å². The molecule has 2 rings (SSSR count). The van der Waals surface area contributed by atoms with Crippen molar-refractivity contribution in [3.05, 3.63) is 53.6 Å². The molecule has 0 atom stereocenters. The summed E-state index contributed by atoms with van der Waals surface area (Å²) in [6.45, 7) is 6.03. The molecule has 118 valence electrons. The summed E-state index contributed by atoms with van der Waals surface area (Å²) in [5.74, 6) is -0.264. The van der Waals surface area contributed by atoms with Crippen LogP contribution in [0.2, 0.25) is 0 Å². The molecule has 0 aliphatic carbocycles. The third-order valence-electron chi connectivity index (χ3n) is 3.58. The fourth-order valence-electron chi connectivity index (χ4n) is 2.19. The van der Waals surface area contributed by atoms with Gasteiger partial charge in [0.15, 0.2) is 0 Å². The molecule has 0 unspecified atom stereocenters. The lowest BCUT2D eigenvalue weighted by Crippen LogP contribution is -2.15. The van der Waals surface area contributed by atoms with Crippen molar-refractivity contribution in [2.75, 3.05) is 0 Å². The predicted molar refractivity (Wildman–Crippen MR) is 86.6 cm³/mol. The SMILES string of the molecule is CC(C)(C)c1cc(CN)c(O)c(S(=O)(=O)c2ccccc2)c1. The number of aromatic hydroxyl groups is 1. The van der Waals surface area contributed by atoms with E-state index in [1.54, 1.807) is 24.3 Å². The number of benzene rings is 2. The molecule has 3 N–H and O–H groups in total. The molecule has 0 amide bonds. The lowest BCUT2D eigenvalue weighted by molar-refractivity contribution is 0.449. The highest BCUT2D eigenvalue weighted by molar-refractivity contribution is 7.91. The molecule has 22 heavy (non-hydrogen) atoms. The summed E-state index contributed by atoms with van der Waals surface area (Å²) in [7, 11) is -3.79. The van der Waals surface area contributed by atoms with Crippen LogP contribution in [0.5, 0.6) is 5.75 Å². The van der Waals surface area contributed by atoms with E-state index in [2.05, 4.69) is 0 Å². The number of nitrogens with two attached hydrogens (primary N) is 1. The van der Waals surface area contributed by atoms with Gasteiger partial charge in [0.05, 0.1) is 4.90 Å². The molecule has 2 aromatic rings. The maximum atomic E-state index is 12.8. The van der Waals surface area contributed by atoms with Crippen LogP contribution in [0.1, 0.15) is 31.9 Å². The van der Waals surface area contributed by atoms with Crippen molar-refractivity contribution in [3.63, 3.8) is 0 Å². The molecule has 0 bridgehead atoms. The minimum atomic E-state index is -3.79. The first-order chi connectivity index (χ1) is 10.2. The lowest BCUT2D eigenvalue weighted by Gasteiger charge is -2.22. The Morgan fingerprint density at radius 1 is 1.09 bits per heavy atom. The largest absolute Gasteiger partial charge is 0.506 e. The Bertz CT molecular complexity index is 776. The molecule has 0 saturated heterocycles. The third kappa shape index (κ3) is 3.00. The molecule has 0 radical (unpaired) electrons. The Balaban J connectivity index is 2.75. The quantitative estimate of drug-likeness (QED) is 0.911. The molecule has 0 aromatic heterocycles. The summed E-state index contributed by atoms with van der Waals surface area (Å²) < 4.78 is 25.6. The zero-order valence-electron chi connectivity index (χ0n) is 13.0. The van der Waals surface area contributed by atoms with Crippen molar-refractivity contribution in [3.8, 4) is 5.75 Å². The number of sulfone groups is 1. The molecule has 0 saturated carbocycles. The highest BCUT2D eigenvalue weighted by Gasteiger charge is 2.26. The maximum Gasteiger partial charge on any atom is 0.210 e. The van der Waals surface area contributed by atoms with Gasteiger partial charge in [-0.05, 0) is 29.2 Å². The Labute approximate surface area is 131 Å². The molecular weight excluding hydrogens is 298 g/mol. The van der Waals surface area contributed by atoms with Gasteiger partial charge in [-0.15, -0.1) is 0 Å². The highest BCUT2D eigenvalue weighted by atomic mass is 32.2. The second-order valence-electron chi connectivity index (χ2n) is 6.25. The van der Waals surface area contributed by atoms with Gasteiger partial charge in [-0.1, -0.05) is 45.0 Å². The van der Waals surface area contributed by atoms with Gasteiger partial charge in [0, 0.05) is 12.1 Å². The van der Waals surface area contributed by atoms with Crippen LogP contribution in [0.3, 0.4) is 0 Å². The molecule has 0 heterocycles. The van der Waals surface area contributed by atoms with Gasteiger partial charge in [0.1, 0.15) is 10.6 Å². The molecule has 5 heteroatoms. The number of rotatable bonds is 3. The summed E-state index contributed by atoms with van der Waals surface area (Å²) >= 11 is 0. The van der Waals surface area contributed by atoms with Crippen molar-refractivity contribution >= 4 is 9.84 Å². The average molecular weight is 319 g/mol. The van der Waals surface area contributed by atoms with Crippen molar-refractivity contribution < 1.29 is 13.5 Å². The number of phenolic OH excluding ortho intramolecular Hbond substituents is 1. The fourth-order valence-corrected chi connectivity index (χ4v) is 3.62. The molecule has 0 spiro atoms. The van der Waals surface area contributed by atoms with Crippen LogP contribution in [-0.4, -0.2) is 13.5 Å². The Hall–Kier alpha value is -1.85. The summed E-state index contributed by atoms with van der Waals surface area (Å²) in [4.78, 5) is 0.0610. The van der Waals surface area contributed by atoms with Crippen LogP contribution >= 0.6 is 0 Å². The Kier molecular flexibility index (Phi) is 4.31. The zero-order chi connectivity index (χ0) is 16.5. The second kappa shape index (κ2) is 5.74. The van der Waals surface area contributed by atoms with Gasteiger partial charge in [-0.2, -0.15) is 0 Å². The van der Waals surface area contributed by atoms with E-state index in [1.165, 1.54) is 18.2 Å². The van der Waals surface area contributed by atoms with E-state index >= 15 is 0 Å². The fraction of sp³-hybridized carbons (Fsp3) is 0.294. The monoisotopic (exact) mass is 319 g/mol. The van der Waals surface area contributed by atoms with Gasteiger partial charge in [-0.25, -0.2) is 8.42 Å². The summed E-state index contributed by atoms with van der Waals surface area (Å²) in [5, 5.41) is 10.3. The van der Waals surface area contributed by atoms with Gasteiger partial charge in [0.2, 0.25) is 9.84 Å². The van der Waals surface area contributed by atoms with Crippen molar-refractivity contribution in [2.45, 2.75) is 42.5 Å². The van der Waals surface area contributed by atoms with E-state index in [4.69, 9.17) is 5.73 Å². The minimum Gasteiger partial charge on any atom is -0.506 e. The Morgan fingerprint density at radius 2 is 1.68 bits per heavy atom. The van der Waals surface area contributed by atoms with Crippen LogP contribution in [0.25, 0.3) is 0 Å². The summed E-state index contributed by atoms with van der Waals surface area (Å²) in [5.41, 5.74) is 6.66. The zero-order valence-corrected chi connectivity index (χ0v) is 13.8. The van der Waals surface area contributed by atoms with Gasteiger partial charge in [-0.3, -0.25) is 0 Å². The normalized spacial score (nSPS) is 12.4. The third-order valence-corrected chi connectivity index (χ3v) is 5.37.